The van der Waals surface area contributed by atoms with Crippen LogP contribution >= 0.6 is 0 Å². The Kier molecular flexibility index (Phi) is 4.48. The zero-order valence-corrected chi connectivity index (χ0v) is 12.0. The number of hydrogen-bond acceptors (Lipinski definition) is 2. The molecule has 3 N–H and O–H groups in total. The van der Waals surface area contributed by atoms with Crippen molar-refractivity contribution in [3.63, 3.8) is 0 Å². The van der Waals surface area contributed by atoms with E-state index in [9.17, 15) is 5.11 Å². The SMILES string of the molecule is CC(C)CC(C)NCCc1c[nH]c2ccc(O)cc12. The van der Waals surface area contributed by atoms with Gasteiger partial charge in [0.25, 0.3) is 0 Å². The van der Waals surface area contributed by atoms with Crippen molar-refractivity contribution >= 4 is 10.9 Å². The first kappa shape index (κ1) is 13.9. The summed E-state index contributed by atoms with van der Waals surface area (Å²) in [5, 5.41) is 14.2. The third-order valence-electron chi connectivity index (χ3n) is 3.46. The van der Waals surface area contributed by atoms with Crippen molar-refractivity contribution in [1.29, 1.82) is 0 Å². The minimum atomic E-state index is 0.328. The molecule has 104 valence electrons. The van der Waals surface area contributed by atoms with E-state index < -0.39 is 0 Å². The van der Waals surface area contributed by atoms with Gasteiger partial charge < -0.3 is 15.4 Å². The van der Waals surface area contributed by atoms with Gasteiger partial charge in [0.05, 0.1) is 0 Å². The first-order valence-corrected chi connectivity index (χ1v) is 7.08. The summed E-state index contributed by atoms with van der Waals surface area (Å²) in [5.41, 5.74) is 2.35. The number of fused-ring (bicyclic) bond motifs is 1. The average Bonchev–Trinajstić information content (AvgIpc) is 2.71. The largest absolute Gasteiger partial charge is 0.508 e. The molecule has 1 aromatic heterocycles. The summed E-state index contributed by atoms with van der Waals surface area (Å²) < 4.78 is 0. The van der Waals surface area contributed by atoms with Crippen molar-refractivity contribution in [1.82, 2.24) is 10.3 Å². The molecule has 0 amide bonds. The monoisotopic (exact) mass is 260 g/mol. The van der Waals surface area contributed by atoms with Gasteiger partial charge in [-0.15, -0.1) is 0 Å². The first-order chi connectivity index (χ1) is 9.06. The van der Waals surface area contributed by atoms with Gasteiger partial charge in [-0.1, -0.05) is 13.8 Å². The fourth-order valence-corrected chi connectivity index (χ4v) is 2.62. The Labute approximate surface area is 115 Å². The lowest BCUT2D eigenvalue weighted by Gasteiger charge is -2.15. The Morgan fingerprint density at radius 1 is 1.26 bits per heavy atom. The zero-order valence-electron chi connectivity index (χ0n) is 12.0. The van der Waals surface area contributed by atoms with E-state index in [1.54, 1.807) is 6.07 Å². The summed E-state index contributed by atoms with van der Waals surface area (Å²) >= 11 is 0. The van der Waals surface area contributed by atoms with Crippen molar-refractivity contribution in [3.05, 3.63) is 30.0 Å². The molecule has 0 bridgehead atoms. The van der Waals surface area contributed by atoms with Crippen molar-refractivity contribution in [3.8, 4) is 5.75 Å². The minimum absolute atomic E-state index is 0.328. The predicted molar refractivity (Wildman–Crippen MR) is 80.6 cm³/mol. The van der Waals surface area contributed by atoms with Crippen molar-refractivity contribution in [2.75, 3.05) is 6.54 Å². The van der Waals surface area contributed by atoms with Crippen LogP contribution in [0.2, 0.25) is 0 Å². The van der Waals surface area contributed by atoms with E-state index in [0.29, 0.717) is 11.8 Å². The number of aromatic nitrogens is 1. The normalized spacial score (nSPS) is 13.3. The van der Waals surface area contributed by atoms with Crippen LogP contribution in [-0.4, -0.2) is 22.7 Å². The number of phenolic OH excluding ortho intramolecular Hbond substituents is 1. The van der Waals surface area contributed by atoms with Crippen molar-refractivity contribution in [2.45, 2.75) is 39.7 Å². The van der Waals surface area contributed by atoms with Gasteiger partial charge >= 0.3 is 0 Å². The highest BCUT2D eigenvalue weighted by Crippen LogP contribution is 2.23. The molecule has 0 spiro atoms. The van der Waals surface area contributed by atoms with Gasteiger partial charge in [0, 0.05) is 23.1 Å². The fourth-order valence-electron chi connectivity index (χ4n) is 2.62. The van der Waals surface area contributed by atoms with E-state index in [0.717, 1.165) is 29.8 Å². The van der Waals surface area contributed by atoms with E-state index in [1.807, 2.05) is 18.3 Å². The minimum Gasteiger partial charge on any atom is -0.508 e. The molecule has 0 radical (unpaired) electrons. The summed E-state index contributed by atoms with van der Waals surface area (Å²) in [6, 6.07) is 6.02. The molecule has 0 aliphatic rings. The third-order valence-corrected chi connectivity index (χ3v) is 3.46. The Morgan fingerprint density at radius 2 is 2.05 bits per heavy atom. The number of hydrogen-bond donors (Lipinski definition) is 3. The Morgan fingerprint density at radius 3 is 2.79 bits per heavy atom. The maximum Gasteiger partial charge on any atom is 0.116 e. The highest BCUT2D eigenvalue weighted by atomic mass is 16.3. The number of benzene rings is 1. The summed E-state index contributed by atoms with van der Waals surface area (Å²) in [7, 11) is 0. The molecule has 1 aromatic carbocycles. The van der Waals surface area contributed by atoms with Crippen LogP contribution in [0.1, 0.15) is 32.8 Å². The highest BCUT2D eigenvalue weighted by Gasteiger charge is 2.07. The zero-order chi connectivity index (χ0) is 13.8. The quantitative estimate of drug-likeness (QED) is 0.745. The van der Waals surface area contributed by atoms with Crippen LogP contribution in [0.15, 0.2) is 24.4 Å². The maximum absolute atomic E-state index is 9.56. The highest BCUT2D eigenvalue weighted by molar-refractivity contribution is 5.84. The molecule has 2 aromatic rings. The number of aromatic amines is 1. The summed E-state index contributed by atoms with van der Waals surface area (Å²) in [6.07, 6.45) is 4.22. The molecule has 0 saturated heterocycles. The number of nitrogens with one attached hydrogen (secondary N) is 2. The van der Waals surface area contributed by atoms with Crippen LogP contribution in [0.4, 0.5) is 0 Å². The molecule has 2 rings (SSSR count). The van der Waals surface area contributed by atoms with E-state index in [4.69, 9.17) is 0 Å². The van der Waals surface area contributed by atoms with Gasteiger partial charge in [0.15, 0.2) is 0 Å². The molecule has 0 aliphatic heterocycles. The first-order valence-electron chi connectivity index (χ1n) is 7.08. The molecule has 1 unspecified atom stereocenters. The van der Waals surface area contributed by atoms with Crippen LogP contribution in [0.5, 0.6) is 5.75 Å². The Bertz CT molecular complexity index is 531. The van der Waals surface area contributed by atoms with Crippen molar-refractivity contribution in [2.24, 2.45) is 5.92 Å². The number of aromatic hydroxyl groups is 1. The number of rotatable bonds is 6. The molecule has 19 heavy (non-hydrogen) atoms. The maximum atomic E-state index is 9.56. The van der Waals surface area contributed by atoms with Crippen LogP contribution in [0.3, 0.4) is 0 Å². The lowest BCUT2D eigenvalue weighted by atomic mass is 10.0. The second-order valence-corrected chi connectivity index (χ2v) is 5.78. The van der Waals surface area contributed by atoms with Gasteiger partial charge in [-0.25, -0.2) is 0 Å². The Hall–Kier alpha value is -1.48. The van der Waals surface area contributed by atoms with Gasteiger partial charge in [0.1, 0.15) is 5.75 Å². The fraction of sp³-hybridized carbons (Fsp3) is 0.500. The molecule has 0 saturated carbocycles. The molecule has 0 aliphatic carbocycles. The van der Waals surface area contributed by atoms with E-state index in [-0.39, 0.29) is 0 Å². The molecule has 3 nitrogen and oxygen atoms in total. The van der Waals surface area contributed by atoms with Crippen LogP contribution in [0, 0.1) is 5.92 Å². The second kappa shape index (κ2) is 6.11. The third kappa shape index (κ3) is 3.74. The topological polar surface area (TPSA) is 48.0 Å². The molecular weight excluding hydrogens is 236 g/mol. The van der Waals surface area contributed by atoms with E-state index in [2.05, 4.69) is 31.1 Å². The predicted octanol–water partition coefficient (Wildman–Crippen LogP) is 3.44. The van der Waals surface area contributed by atoms with Gasteiger partial charge in [0.2, 0.25) is 0 Å². The standard InChI is InChI=1S/C16H24N2O/c1-11(2)8-12(3)17-7-6-13-10-18-16-5-4-14(19)9-15(13)16/h4-5,9-12,17-19H,6-8H2,1-3H3. The average molecular weight is 260 g/mol. The summed E-state index contributed by atoms with van der Waals surface area (Å²) in [4.78, 5) is 3.25. The molecule has 0 fully saturated rings. The smallest absolute Gasteiger partial charge is 0.116 e. The van der Waals surface area contributed by atoms with Crippen LogP contribution in [-0.2, 0) is 6.42 Å². The molecule has 1 heterocycles. The van der Waals surface area contributed by atoms with E-state index >= 15 is 0 Å². The summed E-state index contributed by atoms with van der Waals surface area (Å²) in [5.74, 6) is 1.06. The second-order valence-electron chi connectivity index (χ2n) is 5.78. The Balaban J connectivity index is 1.93. The van der Waals surface area contributed by atoms with Crippen LogP contribution in [0.25, 0.3) is 10.9 Å². The van der Waals surface area contributed by atoms with Gasteiger partial charge in [-0.3, -0.25) is 0 Å². The van der Waals surface area contributed by atoms with Crippen LogP contribution < -0.4 is 5.32 Å². The lowest BCUT2D eigenvalue weighted by Crippen LogP contribution is -2.29. The number of phenols is 1. The summed E-state index contributed by atoms with van der Waals surface area (Å²) in [6.45, 7) is 7.71. The molecular formula is C16H24N2O. The molecule has 1 atom stereocenters. The van der Waals surface area contributed by atoms with Crippen molar-refractivity contribution < 1.29 is 5.11 Å². The van der Waals surface area contributed by atoms with Gasteiger partial charge in [-0.2, -0.15) is 0 Å². The number of H-pyrrole nitrogens is 1. The molecule has 3 heteroatoms. The van der Waals surface area contributed by atoms with E-state index in [1.165, 1.54) is 12.0 Å². The lowest BCUT2D eigenvalue weighted by molar-refractivity contribution is 0.445. The van der Waals surface area contributed by atoms with Gasteiger partial charge in [-0.05, 0) is 56.0 Å².